The molecular weight excluding hydrogens is 514 g/mol. The van der Waals surface area contributed by atoms with Crippen LogP contribution in [0.3, 0.4) is 0 Å². The average molecular weight is 554 g/mol. The number of nitrogens with zero attached hydrogens (tertiary/aromatic N) is 3. The fourth-order valence-electron chi connectivity index (χ4n) is 6.19. The van der Waals surface area contributed by atoms with E-state index in [0.717, 1.165) is 41.6 Å². The fourth-order valence-corrected chi connectivity index (χ4v) is 7.88. The number of methoxy groups -OCH3 is 1. The number of pyridine rings is 1. The van der Waals surface area contributed by atoms with Crippen molar-refractivity contribution in [1.82, 2.24) is 9.29 Å². The van der Waals surface area contributed by atoms with Crippen molar-refractivity contribution in [2.75, 3.05) is 44.8 Å². The van der Waals surface area contributed by atoms with Crippen LogP contribution < -0.4 is 9.64 Å². The second-order valence-corrected chi connectivity index (χ2v) is 13.1. The van der Waals surface area contributed by atoms with Gasteiger partial charge in [-0.15, -0.1) is 0 Å². The number of aromatic nitrogens is 1. The average Bonchev–Trinajstić information content (AvgIpc) is 3.18. The van der Waals surface area contributed by atoms with Gasteiger partial charge in [-0.25, -0.2) is 8.42 Å². The lowest BCUT2D eigenvalue weighted by Gasteiger charge is -2.44. The molecular formula is C30H39N3O5S. The molecule has 2 aliphatic rings. The number of aliphatic hydroxyl groups is 1. The first-order chi connectivity index (χ1) is 18.7. The number of rotatable bonds is 7. The fraction of sp³-hybridized carbons (Fsp3) is 0.500. The van der Waals surface area contributed by atoms with Gasteiger partial charge in [0.15, 0.2) is 0 Å². The van der Waals surface area contributed by atoms with Crippen LogP contribution in [0.1, 0.15) is 51.0 Å². The first kappa shape index (κ1) is 27.8. The molecule has 2 aliphatic heterocycles. The van der Waals surface area contributed by atoms with Crippen LogP contribution in [0.15, 0.2) is 59.8 Å². The van der Waals surface area contributed by atoms with Crippen molar-refractivity contribution >= 4 is 26.5 Å². The minimum Gasteiger partial charge on any atom is -0.496 e. The zero-order valence-electron chi connectivity index (χ0n) is 23.0. The third kappa shape index (κ3) is 5.77. The number of fused-ring (bicyclic) bond motifs is 1. The maximum absolute atomic E-state index is 14.1. The van der Waals surface area contributed by atoms with Crippen LogP contribution >= 0.6 is 0 Å². The second-order valence-electron chi connectivity index (χ2n) is 11.2. The molecule has 2 aromatic carbocycles. The van der Waals surface area contributed by atoms with Crippen LogP contribution in [-0.2, 0) is 14.8 Å². The van der Waals surface area contributed by atoms with Gasteiger partial charge in [0.25, 0.3) is 0 Å². The normalized spacial score (nSPS) is 22.5. The van der Waals surface area contributed by atoms with E-state index in [4.69, 9.17) is 9.47 Å². The minimum atomic E-state index is -3.72. The Balaban J connectivity index is 1.44. The van der Waals surface area contributed by atoms with E-state index in [1.54, 1.807) is 35.9 Å². The summed E-state index contributed by atoms with van der Waals surface area (Å²) in [6.07, 6.45) is 6.30. The maximum Gasteiger partial charge on any atom is 0.243 e. The molecule has 2 unspecified atom stereocenters. The predicted molar refractivity (Wildman–Crippen MR) is 153 cm³/mol. The molecule has 2 atom stereocenters. The highest BCUT2D eigenvalue weighted by atomic mass is 32.2. The lowest BCUT2D eigenvalue weighted by atomic mass is 9.91. The van der Waals surface area contributed by atoms with Crippen LogP contribution in [0.25, 0.3) is 10.8 Å². The summed E-state index contributed by atoms with van der Waals surface area (Å²) in [6.45, 7) is 6.36. The number of para-hydroxylation sites is 1. The Kier molecular flexibility index (Phi) is 8.14. The number of benzene rings is 2. The molecule has 0 bridgehead atoms. The third-order valence-corrected chi connectivity index (χ3v) is 9.87. The summed E-state index contributed by atoms with van der Waals surface area (Å²) in [4.78, 5) is 6.90. The van der Waals surface area contributed by atoms with Crippen LogP contribution in [0.5, 0.6) is 5.75 Å². The van der Waals surface area contributed by atoms with Gasteiger partial charge in [-0.1, -0.05) is 18.2 Å². The van der Waals surface area contributed by atoms with E-state index >= 15 is 0 Å². The minimum absolute atomic E-state index is 0.0574. The molecule has 2 saturated heterocycles. The van der Waals surface area contributed by atoms with Gasteiger partial charge in [-0.05, 0) is 75.3 Å². The Morgan fingerprint density at radius 1 is 1.10 bits per heavy atom. The lowest BCUT2D eigenvalue weighted by molar-refractivity contribution is -0.0898. The molecule has 0 spiro atoms. The Labute approximate surface area is 231 Å². The first-order valence-corrected chi connectivity index (χ1v) is 15.2. The number of ether oxygens (including phenoxy) is 2. The Bertz CT molecular complexity index is 1410. The standard InChI is InChI=1S/C30H39N3O5S/c1-30(2)21-32(20-23(38-30)14-18-34)27-10-11-29(25-12-15-31-19-26(25)27)39(35,36)33-16-6-7-22(13-17-33)24-8-4-5-9-28(24)37-3/h4-5,8-12,15,19,22-23,34H,6-7,13-14,16-18,20-21H2,1-3H3. The summed E-state index contributed by atoms with van der Waals surface area (Å²) in [5.41, 5.74) is 1.68. The molecule has 2 fully saturated rings. The van der Waals surface area contributed by atoms with Crippen molar-refractivity contribution in [1.29, 1.82) is 0 Å². The van der Waals surface area contributed by atoms with E-state index in [0.29, 0.717) is 42.9 Å². The van der Waals surface area contributed by atoms with Crippen molar-refractivity contribution in [3.05, 3.63) is 60.4 Å². The van der Waals surface area contributed by atoms with Crippen molar-refractivity contribution in [2.45, 2.75) is 62.0 Å². The maximum atomic E-state index is 14.1. The van der Waals surface area contributed by atoms with Gasteiger partial charge in [0, 0.05) is 61.6 Å². The van der Waals surface area contributed by atoms with Crippen molar-refractivity contribution in [3.63, 3.8) is 0 Å². The molecule has 210 valence electrons. The Morgan fingerprint density at radius 2 is 1.92 bits per heavy atom. The molecule has 3 heterocycles. The van der Waals surface area contributed by atoms with Gasteiger partial charge in [-0.3, -0.25) is 4.98 Å². The summed E-state index contributed by atoms with van der Waals surface area (Å²) in [5, 5.41) is 11.0. The van der Waals surface area contributed by atoms with Crippen LogP contribution in [0.2, 0.25) is 0 Å². The van der Waals surface area contributed by atoms with Crippen molar-refractivity contribution in [2.24, 2.45) is 0 Å². The molecule has 0 radical (unpaired) electrons. The van der Waals surface area contributed by atoms with E-state index in [1.165, 1.54) is 0 Å². The molecule has 9 heteroatoms. The topological polar surface area (TPSA) is 92.2 Å². The number of aliphatic hydroxyl groups excluding tert-OH is 1. The molecule has 0 amide bonds. The summed E-state index contributed by atoms with van der Waals surface area (Å²) in [6, 6.07) is 13.5. The van der Waals surface area contributed by atoms with Gasteiger partial charge >= 0.3 is 0 Å². The van der Waals surface area contributed by atoms with Gasteiger partial charge in [-0.2, -0.15) is 4.31 Å². The van der Waals surface area contributed by atoms with Crippen LogP contribution in [0.4, 0.5) is 5.69 Å². The summed E-state index contributed by atoms with van der Waals surface area (Å²) < 4.78 is 41.5. The number of hydrogen-bond donors (Lipinski definition) is 1. The Morgan fingerprint density at radius 3 is 2.72 bits per heavy atom. The number of morpholine rings is 1. The largest absolute Gasteiger partial charge is 0.496 e. The monoisotopic (exact) mass is 553 g/mol. The highest BCUT2D eigenvalue weighted by Crippen LogP contribution is 2.38. The zero-order chi connectivity index (χ0) is 27.6. The molecule has 39 heavy (non-hydrogen) atoms. The van der Waals surface area contributed by atoms with Gasteiger partial charge in [0.1, 0.15) is 5.75 Å². The van der Waals surface area contributed by atoms with E-state index in [2.05, 4.69) is 16.0 Å². The van der Waals surface area contributed by atoms with E-state index in [1.807, 2.05) is 38.1 Å². The predicted octanol–water partition coefficient (Wildman–Crippen LogP) is 4.57. The van der Waals surface area contributed by atoms with Gasteiger partial charge in [0.05, 0.1) is 23.7 Å². The molecule has 1 aromatic heterocycles. The SMILES string of the molecule is COc1ccccc1C1CCCN(S(=O)(=O)c2ccc(N3CC(CCO)OC(C)(C)C3)c3cnccc23)CC1. The highest BCUT2D eigenvalue weighted by molar-refractivity contribution is 7.89. The van der Waals surface area contributed by atoms with E-state index < -0.39 is 15.6 Å². The summed E-state index contributed by atoms with van der Waals surface area (Å²) >= 11 is 0. The van der Waals surface area contributed by atoms with Crippen LogP contribution in [0, 0.1) is 0 Å². The van der Waals surface area contributed by atoms with E-state index in [-0.39, 0.29) is 18.6 Å². The number of sulfonamides is 1. The second kappa shape index (κ2) is 11.4. The molecule has 0 saturated carbocycles. The smallest absolute Gasteiger partial charge is 0.243 e. The quantitative estimate of drug-likeness (QED) is 0.458. The van der Waals surface area contributed by atoms with Crippen molar-refractivity contribution in [3.8, 4) is 5.75 Å². The number of hydrogen-bond acceptors (Lipinski definition) is 7. The number of anilines is 1. The lowest BCUT2D eigenvalue weighted by Crippen LogP contribution is -2.53. The third-order valence-electron chi connectivity index (χ3n) is 7.91. The van der Waals surface area contributed by atoms with Crippen molar-refractivity contribution < 1.29 is 23.0 Å². The molecule has 8 nitrogen and oxygen atoms in total. The highest BCUT2D eigenvalue weighted by Gasteiger charge is 2.35. The molecule has 0 aliphatic carbocycles. The first-order valence-electron chi connectivity index (χ1n) is 13.8. The molecule has 1 N–H and O–H groups in total. The van der Waals surface area contributed by atoms with E-state index in [9.17, 15) is 13.5 Å². The van der Waals surface area contributed by atoms with Crippen LogP contribution in [-0.4, -0.2) is 74.4 Å². The molecule has 5 rings (SSSR count). The zero-order valence-corrected chi connectivity index (χ0v) is 23.9. The van der Waals surface area contributed by atoms with Gasteiger partial charge in [0.2, 0.25) is 10.0 Å². The van der Waals surface area contributed by atoms with Gasteiger partial charge < -0.3 is 19.5 Å². The summed E-state index contributed by atoms with van der Waals surface area (Å²) in [5.74, 6) is 1.11. The Hall–Kier alpha value is -2.72. The summed E-state index contributed by atoms with van der Waals surface area (Å²) in [7, 11) is -2.04. The molecule has 3 aromatic rings.